The zero-order valence-electron chi connectivity index (χ0n) is 9.59. The predicted molar refractivity (Wildman–Crippen MR) is 66.2 cm³/mol. The van der Waals surface area contributed by atoms with Crippen molar-refractivity contribution < 1.29 is 5.11 Å². The number of hydrogen-bond donors (Lipinski definition) is 2. The van der Waals surface area contributed by atoms with Crippen molar-refractivity contribution in [1.29, 1.82) is 0 Å². The van der Waals surface area contributed by atoms with Crippen molar-refractivity contribution in [3.63, 3.8) is 0 Å². The molecule has 1 fully saturated rings. The van der Waals surface area contributed by atoms with E-state index in [1.54, 1.807) is 11.3 Å². The maximum atomic E-state index is 9.51. The van der Waals surface area contributed by atoms with Crippen molar-refractivity contribution in [3.8, 4) is 0 Å². The van der Waals surface area contributed by atoms with Gasteiger partial charge in [-0.05, 0) is 38.8 Å². The van der Waals surface area contributed by atoms with Crippen LogP contribution in [0.4, 0.5) is 5.13 Å². The molecule has 16 heavy (non-hydrogen) atoms. The van der Waals surface area contributed by atoms with E-state index in [9.17, 15) is 5.11 Å². The van der Waals surface area contributed by atoms with Gasteiger partial charge in [-0.1, -0.05) is 0 Å². The van der Waals surface area contributed by atoms with E-state index in [1.807, 2.05) is 13.1 Å². The van der Waals surface area contributed by atoms with Gasteiger partial charge in [-0.25, -0.2) is 4.98 Å². The van der Waals surface area contributed by atoms with Crippen LogP contribution in [-0.2, 0) is 6.54 Å². The summed E-state index contributed by atoms with van der Waals surface area (Å²) in [5.74, 6) is 0.475. The van der Waals surface area contributed by atoms with E-state index in [1.165, 1.54) is 4.88 Å². The highest BCUT2D eigenvalue weighted by molar-refractivity contribution is 7.15. The fourth-order valence-electron chi connectivity index (χ4n) is 2.21. The molecule has 0 amide bonds. The van der Waals surface area contributed by atoms with E-state index in [0.29, 0.717) is 11.0 Å². The van der Waals surface area contributed by atoms with Crippen LogP contribution in [0.5, 0.6) is 0 Å². The Morgan fingerprint density at radius 2 is 2.31 bits per heavy atom. The average Bonchev–Trinajstić information content (AvgIpc) is 2.65. The molecule has 1 aromatic rings. The van der Waals surface area contributed by atoms with E-state index in [0.717, 1.165) is 32.5 Å². The lowest BCUT2D eigenvalue weighted by atomic mass is 9.92. The van der Waals surface area contributed by atoms with Crippen LogP contribution < -0.4 is 5.73 Å². The first-order valence-corrected chi connectivity index (χ1v) is 6.57. The molecule has 0 bridgehead atoms. The largest absolute Gasteiger partial charge is 0.393 e. The fourth-order valence-corrected chi connectivity index (χ4v) is 2.94. The molecule has 0 aliphatic carbocycles. The van der Waals surface area contributed by atoms with Gasteiger partial charge >= 0.3 is 0 Å². The number of nitrogens with zero attached hydrogens (tertiary/aromatic N) is 2. The first-order valence-electron chi connectivity index (χ1n) is 5.76. The number of aromatic nitrogens is 1. The van der Waals surface area contributed by atoms with Crippen LogP contribution in [0.25, 0.3) is 0 Å². The number of nitrogens with two attached hydrogens (primary N) is 1. The molecule has 0 radical (unpaired) electrons. The van der Waals surface area contributed by atoms with Gasteiger partial charge in [-0.3, -0.25) is 4.90 Å². The molecule has 1 aromatic heterocycles. The lowest BCUT2D eigenvalue weighted by molar-refractivity contribution is 0.0698. The lowest BCUT2D eigenvalue weighted by Gasteiger charge is -2.32. The number of piperidine rings is 1. The molecular weight excluding hydrogens is 222 g/mol. The van der Waals surface area contributed by atoms with Gasteiger partial charge in [-0.15, -0.1) is 11.3 Å². The van der Waals surface area contributed by atoms with Crippen molar-refractivity contribution in [2.45, 2.75) is 32.4 Å². The normalized spacial score (nSPS) is 21.1. The number of nitrogen functional groups attached to an aromatic ring is 1. The van der Waals surface area contributed by atoms with Gasteiger partial charge in [0.1, 0.15) is 0 Å². The van der Waals surface area contributed by atoms with Gasteiger partial charge in [0.2, 0.25) is 0 Å². The zero-order chi connectivity index (χ0) is 11.5. The summed E-state index contributed by atoms with van der Waals surface area (Å²) >= 11 is 1.56. The maximum Gasteiger partial charge on any atom is 0.180 e. The predicted octanol–water partition coefficient (Wildman–Crippen LogP) is 1.32. The summed E-state index contributed by atoms with van der Waals surface area (Å²) in [6, 6.07) is 0. The van der Waals surface area contributed by atoms with Crippen molar-refractivity contribution in [3.05, 3.63) is 11.1 Å². The van der Waals surface area contributed by atoms with E-state index in [2.05, 4.69) is 9.88 Å². The minimum absolute atomic E-state index is 0.166. The third-order valence-corrected chi connectivity index (χ3v) is 4.08. The van der Waals surface area contributed by atoms with Gasteiger partial charge in [0.15, 0.2) is 5.13 Å². The smallest absolute Gasteiger partial charge is 0.180 e. The Bertz CT molecular complexity index is 332. The Kier molecular flexibility index (Phi) is 3.78. The van der Waals surface area contributed by atoms with Crippen LogP contribution in [0.3, 0.4) is 0 Å². The monoisotopic (exact) mass is 241 g/mol. The van der Waals surface area contributed by atoms with E-state index in [-0.39, 0.29) is 6.10 Å². The molecule has 1 aliphatic rings. The molecule has 1 aliphatic heterocycles. The summed E-state index contributed by atoms with van der Waals surface area (Å²) in [5, 5.41) is 10.2. The average molecular weight is 241 g/mol. The number of aliphatic hydroxyl groups excluding tert-OH is 1. The summed E-state index contributed by atoms with van der Waals surface area (Å²) in [7, 11) is 0. The molecule has 0 saturated carbocycles. The van der Waals surface area contributed by atoms with Gasteiger partial charge in [0, 0.05) is 17.6 Å². The van der Waals surface area contributed by atoms with Gasteiger partial charge < -0.3 is 10.8 Å². The first kappa shape index (κ1) is 11.8. The topological polar surface area (TPSA) is 62.4 Å². The molecule has 1 unspecified atom stereocenters. The Morgan fingerprint density at radius 1 is 1.62 bits per heavy atom. The molecule has 5 heteroatoms. The Morgan fingerprint density at radius 3 is 2.81 bits per heavy atom. The molecule has 90 valence electrons. The van der Waals surface area contributed by atoms with Crippen LogP contribution in [0.2, 0.25) is 0 Å². The highest BCUT2D eigenvalue weighted by Gasteiger charge is 2.22. The number of anilines is 1. The number of thiazole rings is 1. The summed E-state index contributed by atoms with van der Waals surface area (Å²) in [6.07, 6.45) is 3.87. The SMILES string of the molecule is CC(O)C1CCN(Cc2cnc(N)s2)CC1. The second-order valence-electron chi connectivity index (χ2n) is 4.52. The summed E-state index contributed by atoms with van der Waals surface area (Å²) in [5.41, 5.74) is 5.60. The minimum atomic E-state index is -0.166. The number of likely N-dealkylation sites (tertiary alicyclic amines) is 1. The van der Waals surface area contributed by atoms with Crippen LogP contribution in [-0.4, -0.2) is 34.2 Å². The van der Waals surface area contributed by atoms with Crippen molar-refractivity contribution >= 4 is 16.5 Å². The fraction of sp³-hybridized carbons (Fsp3) is 0.727. The molecule has 2 heterocycles. The minimum Gasteiger partial charge on any atom is -0.393 e. The van der Waals surface area contributed by atoms with Crippen LogP contribution in [0.15, 0.2) is 6.20 Å². The molecule has 3 N–H and O–H groups in total. The second kappa shape index (κ2) is 5.12. The van der Waals surface area contributed by atoms with Crippen LogP contribution in [0.1, 0.15) is 24.6 Å². The van der Waals surface area contributed by atoms with E-state index >= 15 is 0 Å². The third-order valence-electron chi connectivity index (χ3n) is 3.27. The quantitative estimate of drug-likeness (QED) is 0.838. The van der Waals surface area contributed by atoms with E-state index < -0.39 is 0 Å². The van der Waals surface area contributed by atoms with Crippen molar-refractivity contribution in [2.24, 2.45) is 5.92 Å². The highest BCUT2D eigenvalue weighted by atomic mass is 32.1. The maximum absolute atomic E-state index is 9.51. The standard InChI is InChI=1S/C11H19N3OS/c1-8(15)9-2-4-14(5-3-9)7-10-6-13-11(12)16-10/h6,8-9,15H,2-5,7H2,1H3,(H2,12,13). The van der Waals surface area contributed by atoms with E-state index in [4.69, 9.17) is 5.73 Å². The Balaban J connectivity index is 1.81. The summed E-state index contributed by atoms with van der Waals surface area (Å²) in [4.78, 5) is 7.69. The van der Waals surface area contributed by atoms with Gasteiger partial charge in [0.05, 0.1) is 6.10 Å². The zero-order valence-corrected chi connectivity index (χ0v) is 10.4. The second-order valence-corrected chi connectivity index (χ2v) is 5.67. The molecule has 1 saturated heterocycles. The lowest BCUT2D eigenvalue weighted by Crippen LogP contribution is -2.36. The van der Waals surface area contributed by atoms with Crippen molar-refractivity contribution in [2.75, 3.05) is 18.8 Å². The number of hydrogen-bond acceptors (Lipinski definition) is 5. The molecule has 4 nitrogen and oxygen atoms in total. The highest BCUT2D eigenvalue weighted by Crippen LogP contribution is 2.23. The van der Waals surface area contributed by atoms with Crippen LogP contribution >= 0.6 is 11.3 Å². The third kappa shape index (κ3) is 2.93. The number of rotatable bonds is 3. The van der Waals surface area contributed by atoms with Crippen molar-refractivity contribution in [1.82, 2.24) is 9.88 Å². The molecule has 0 spiro atoms. The Hall–Kier alpha value is -0.650. The Labute approximate surface area is 100 Å². The number of aliphatic hydroxyl groups is 1. The van der Waals surface area contributed by atoms with Gasteiger partial charge in [-0.2, -0.15) is 0 Å². The van der Waals surface area contributed by atoms with Crippen LogP contribution in [0, 0.1) is 5.92 Å². The molecule has 0 aromatic carbocycles. The molecule has 1 atom stereocenters. The van der Waals surface area contributed by atoms with Gasteiger partial charge in [0.25, 0.3) is 0 Å². The summed E-state index contributed by atoms with van der Waals surface area (Å²) in [6.45, 7) is 4.96. The first-order chi connectivity index (χ1) is 7.65. The molecular formula is C11H19N3OS. The molecule has 2 rings (SSSR count). The summed E-state index contributed by atoms with van der Waals surface area (Å²) < 4.78 is 0.